The number of rotatable bonds is 8. The minimum atomic E-state index is -3.38. The van der Waals surface area contributed by atoms with E-state index in [2.05, 4.69) is 24.4 Å². The van der Waals surface area contributed by atoms with Gasteiger partial charge < -0.3 is 10.1 Å². The molecule has 3 aromatic rings. The number of halogens is 1. The van der Waals surface area contributed by atoms with Crippen LogP contribution >= 0.6 is 0 Å². The first-order valence-corrected chi connectivity index (χ1v) is 14.1. The van der Waals surface area contributed by atoms with Crippen LogP contribution < -0.4 is 14.8 Å². The summed E-state index contributed by atoms with van der Waals surface area (Å²) in [6.45, 7) is 3.56. The molecule has 1 heterocycles. The van der Waals surface area contributed by atoms with Crippen molar-refractivity contribution in [1.82, 2.24) is 14.7 Å². The molecule has 3 rings (SSSR count). The molecular weight excluding hydrogens is 469 g/mol. The lowest BCUT2D eigenvalue weighted by Gasteiger charge is -2.19. The number of ether oxygens (including phenoxy) is 1. The maximum absolute atomic E-state index is 13.9. The number of nitrogens with zero attached hydrogens (tertiary/aromatic N) is 3. The summed E-state index contributed by atoms with van der Waals surface area (Å²) in [4.78, 5) is 8.64. The van der Waals surface area contributed by atoms with E-state index in [9.17, 15) is 17.0 Å². The average Bonchev–Trinajstić information content (AvgIpc) is 2.66. The lowest BCUT2D eigenvalue weighted by Crippen LogP contribution is -2.32. The summed E-state index contributed by atoms with van der Waals surface area (Å²) in [5, 5.41) is 3.88. The van der Waals surface area contributed by atoms with Gasteiger partial charge in [-0.1, -0.05) is 0 Å². The van der Waals surface area contributed by atoms with Gasteiger partial charge >= 0.3 is 0 Å². The van der Waals surface area contributed by atoms with Gasteiger partial charge in [0.25, 0.3) is 0 Å². The minimum Gasteiger partial charge on any atom is -0.487 e. The Hall–Kier alpha value is -2.83. The van der Waals surface area contributed by atoms with E-state index in [4.69, 9.17) is 4.74 Å². The fourth-order valence-corrected chi connectivity index (χ4v) is 4.28. The summed E-state index contributed by atoms with van der Waals surface area (Å²) in [5.41, 5.74) is 2.41. The van der Waals surface area contributed by atoms with Crippen LogP contribution in [0.5, 0.6) is 5.75 Å². The molecule has 0 spiro atoms. The second-order valence-electron chi connectivity index (χ2n) is 7.97. The van der Waals surface area contributed by atoms with Crippen LogP contribution in [0.3, 0.4) is 0 Å². The van der Waals surface area contributed by atoms with Crippen molar-refractivity contribution in [2.45, 2.75) is 20.0 Å². The molecule has 2 N–H and O–H groups in total. The van der Waals surface area contributed by atoms with E-state index >= 15 is 0 Å². The van der Waals surface area contributed by atoms with Crippen molar-refractivity contribution in [2.75, 3.05) is 30.6 Å². The normalized spacial score (nSPS) is 13.0. The van der Waals surface area contributed by atoms with Gasteiger partial charge in [0.05, 0.1) is 23.1 Å². The van der Waals surface area contributed by atoms with E-state index in [-0.39, 0.29) is 12.3 Å². The SMILES string of the molecule is Cc1cc(N=S(C)(C)=O)cc2ncnc(Nc3ccc(F)cc3O[C@@H](C)CNS(C)(=O)=O)c12. The highest BCUT2D eigenvalue weighted by Gasteiger charge is 2.15. The fraction of sp³-hybridized carbons (Fsp3) is 0.333. The Morgan fingerprint density at radius 1 is 1.12 bits per heavy atom. The smallest absolute Gasteiger partial charge is 0.208 e. The van der Waals surface area contributed by atoms with E-state index in [1.54, 1.807) is 31.6 Å². The monoisotopic (exact) mass is 495 g/mol. The van der Waals surface area contributed by atoms with Crippen LogP contribution in [0.2, 0.25) is 0 Å². The Kier molecular flexibility index (Phi) is 7.20. The predicted molar refractivity (Wildman–Crippen MR) is 129 cm³/mol. The predicted octanol–water partition coefficient (Wildman–Crippen LogP) is 3.50. The Labute approximate surface area is 193 Å². The molecule has 0 unspecified atom stereocenters. The Balaban J connectivity index is 1.96. The molecule has 1 aromatic heterocycles. The van der Waals surface area contributed by atoms with Gasteiger partial charge in [0.15, 0.2) is 0 Å². The molecule has 0 amide bonds. The molecule has 9 nitrogen and oxygen atoms in total. The molecular formula is C21H26FN5O4S2. The van der Waals surface area contributed by atoms with Crippen LogP contribution in [-0.4, -0.2) is 54.0 Å². The lowest BCUT2D eigenvalue weighted by atomic mass is 10.1. The Morgan fingerprint density at radius 2 is 1.85 bits per heavy atom. The number of hydrogen-bond acceptors (Lipinski definition) is 8. The number of aryl methyl sites for hydroxylation is 1. The lowest BCUT2D eigenvalue weighted by molar-refractivity contribution is 0.225. The molecule has 0 aliphatic rings. The third kappa shape index (κ3) is 7.07. The maximum Gasteiger partial charge on any atom is 0.208 e. The minimum absolute atomic E-state index is 0.0225. The van der Waals surface area contributed by atoms with Gasteiger partial charge in [-0.25, -0.2) is 31.7 Å². The Bertz CT molecular complexity index is 1410. The molecule has 2 aromatic carbocycles. The number of fused-ring (bicyclic) bond motifs is 1. The molecule has 33 heavy (non-hydrogen) atoms. The third-order valence-electron chi connectivity index (χ3n) is 4.40. The van der Waals surface area contributed by atoms with Gasteiger partial charge in [-0.3, -0.25) is 0 Å². The van der Waals surface area contributed by atoms with Crippen LogP contribution in [0.4, 0.5) is 21.6 Å². The van der Waals surface area contributed by atoms with Gasteiger partial charge in [0.2, 0.25) is 10.0 Å². The zero-order valence-corrected chi connectivity index (χ0v) is 20.6. The van der Waals surface area contributed by atoms with E-state index in [1.165, 1.54) is 24.5 Å². The molecule has 0 aliphatic heterocycles. The molecule has 178 valence electrons. The van der Waals surface area contributed by atoms with Crippen LogP contribution in [0, 0.1) is 12.7 Å². The number of sulfonamides is 1. The van der Waals surface area contributed by atoms with Gasteiger partial charge in [0.1, 0.15) is 29.8 Å². The van der Waals surface area contributed by atoms with Crippen molar-refractivity contribution in [1.29, 1.82) is 0 Å². The molecule has 0 aliphatic carbocycles. The third-order valence-corrected chi connectivity index (χ3v) is 5.74. The zero-order chi connectivity index (χ0) is 24.4. The van der Waals surface area contributed by atoms with Crippen LogP contribution in [0.1, 0.15) is 12.5 Å². The van der Waals surface area contributed by atoms with E-state index in [1.807, 2.05) is 6.92 Å². The first-order valence-electron chi connectivity index (χ1n) is 9.91. The highest BCUT2D eigenvalue weighted by Crippen LogP contribution is 2.34. The molecule has 0 fully saturated rings. The van der Waals surface area contributed by atoms with Crippen molar-refractivity contribution in [3.05, 3.63) is 48.0 Å². The van der Waals surface area contributed by atoms with Gasteiger partial charge in [-0.05, 0) is 43.7 Å². The maximum atomic E-state index is 13.9. The summed E-state index contributed by atoms with van der Waals surface area (Å²) in [5.74, 6) is 0.165. The highest BCUT2D eigenvalue weighted by atomic mass is 32.2. The van der Waals surface area contributed by atoms with Crippen molar-refractivity contribution in [3.8, 4) is 5.75 Å². The van der Waals surface area contributed by atoms with Crippen molar-refractivity contribution in [3.63, 3.8) is 0 Å². The molecule has 0 saturated carbocycles. The average molecular weight is 496 g/mol. The number of hydrogen-bond donors (Lipinski definition) is 2. The molecule has 0 radical (unpaired) electrons. The second kappa shape index (κ2) is 9.57. The van der Waals surface area contributed by atoms with Gasteiger partial charge in [-0.2, -0.15) is 4.36 Å². The van der Waals surface area contributed by atoms with Crippen LogP contribution in [-0.2, 0) is 19.8 Å². The zero-order valence-electron chi connectivity index (χ0n) is 18.9. The largest absolute Gasteiger partial charge is 0.487 e. The van der Waals surface area contributed by atoms with Crippen molar-refractivity contribution < 1.29 is 21.8 Å². The number of aromatic nitrogens is 2. The quantitative estimate of drug-likeness (QED) is 0.490. The number of nitrogens with one attached hydrogen (secondary N) is 2. The first kappa shape index (κ1) is 24.8. The standard InChI is InChI=1S/C21H26FN5O4S2/c1-13-8-16(27-32(3,4)28)10-18-20(13)21(24-12-23-18)26-17-7-6-15(22)9-19(17)31-14(2)11-25-33(5,29)30/h6-10,12,14,25H,11H2,1-5H3,(H,23,24,26)/t14-/m0/s1. The van der Waals surface area contributed by atoms with E-state index in [0.29, 0.717) is 22.7 Å². The molecule has 0 bridgehead atoms. The molecule has 0 saturated heterocycles. The summed E-state index contributed by atoms with van der Waals surface area (Å²) in [6.07, 6.45) is 4.98. The summed E-state index contributed by atoms with van der Waals surface area (Å²) >= 11 is 0. The van der Waals surface area contributed by atoms with Gasteiger partial charge in [-0.15, -0.1) is 0 Å². The molecule has 12 heteroatoms. The summed E-state index contributed by atoms with van der Waals surface area (Å²) in [7, 11) is -5.72. The van der Waals surface area contributed by atoms with Gasteiger partial charge in [0, 0.05) is 40.2 Å². The Morgan fingerprint density at radius 3 is 2.52 bits per heavy atom. The molecule has 1 atom stereocenters. The topological polar surface area (TPSA) is 123 Å². The van der Waals surface area contributed by atoms with Crippen molar-refractivity contribution in [2.24, 2.45) is 4.36 Å². The van der Waals surface area contributed by atoms with Crippen molar-refractivity contribution >= 4 is 47.8 Å². The first-order chi connectivity index (χ1) is 15.3. The number of anilines is 2. The summed E-state index contributed by atoms with van der Waals surface area (Å²) < 4.78 is 61.1. The number of benzene rings is 2. The fourth-order valence-electron chi connectivity index (χ4n) is 3.13. The van der Waals surface area contributed by atoms with Crippen LogP contribution in [0.15, 0.2) is 41.0 Å². The van der Waals surface area contributed by atoms with Crippen LogP contribution in [0.25, 0.3) is 10.9 Å². The van der Waals surface area contributed by atoms with E-state index < -0.39 is 31.7 Å². The van der Waals surface area contributed by atoms with E-state index in [0.717, 1.165) is 17.2 Å². The second-order valence-corrected chi connectivity index (χ2v) is 12.3. The highest BCUT2D eigenvalue weighted by molar-refractivity contribution is 7.92. The summed E-state index contributed by atoms with van der Waals surface area (Å²) in [6, 6.07) is 7.53.